The molecule has 1 aromatic heterocycles. The fourth-order valence-corrected chi connectivity index (χ4v) is 1.57. The maximum atomic E-state index is 12.3. The number of ether oxygens (including phenoxy) is 2. The van der Waals surface area contributed by atoms with Gasteiger partial charge in [0.1, 0.15) is 5.69 Å². The molecular weight excluding hydrogens is 258 g/mol. The SMILES string of the molecule is COc1ccc(-c2ncc[nH]c2=O)cc1OC(F)F. The number of methoxy groups -OCH3 is 1. The summed E-state index contributed by atoms with van der Waals surface area (Å²) >= 11 is 0. The van der Waals surface area contributed by atoms with Gasteiger partial charge in [0.25, 0.3) is 5.56 Å². The number of aromatic nitrogens is 2. The largest absolute Gasteiger partial charge is 0.493 e. The first-order chi connectivity index (χ1) is 9.11. The highest BCUT2D eigenvalue weighted by Gasteiger charge is 2.13. The van der Waals surface area contributed by atoms with Gasteiger partial charge in [-0.05, 0) is 18.2 Å². The molecule has 5 nitrogen and oxygen atoms in total. The lowest BCUT2D eigenvalue weighted by molar-refractivity contribution is -0.0511. The van der Waals surface area contributed by atoms with Crippen LogP contribution in [0.4, 0.5) is 8.78 Å². The van der Waals surface area contributed by atoms with Crippen LogP contribution in [0.5, 0.6) is 11.5 Å². The summed E-state index contributed by atoms with van der Waals surface area (Å²) in [7, 11) is 1.33. The molecule has 0 radical (unpaired) electrons. The van der Waals surface area contributed by atoms with Crippen LogP contribution in [-0.4, -0.2) is 23.7 Å². The molecule has 7 heteroatoms. The smallest absolute Gasteiger partial charge is 0.387 e. The van der Waals surface area contributed by atoms with Gasteiger partial charge < -0.3 is 14.5 Å². The second-order valence-electron chi connectivity index (χ2n) is 3.51. The molecular formula is C12H10F2N2O3. The molecule has 0 atom stereocenters. The third kappa shape index (κ3) is 2.87. The fourth-order valence-electron chi connectivity index (χ4n) is 1.57. The van der Waals surface area contributed by atoms with Crippen LogP contribution in [0.25, 0.3) is 11.3 Å². The van der Waals surface area contributed by atoms with Crippen LogP contribution in [-0.2, 0) is 0 Å². The van der Waals surface area contributed by atoms with Crippen LogP contribution < -0.4 is 15.0 Å². The Bertz CT molecular complexity index is 628. The van der Waals surface area contributed by atoms with Crippen LogP contribution >= 0.6 is 0 Å². The molecule has 0 aliphatic rings. The summed E-state index contributed by atoms with van der Waals surface area (Å²) in [5, 5.41) is 0. The van der Waals surface area contributed by atoms with Gasteiger partial charge in [0.15, 0.2) is 11.5 Å². The summed E-state index contributed by atoms with van der Waals surface area (Å²) in [5.74, 6) is -0.00328. The highest BCUT2D eigenvalue weighted by Crippen LogP contribution is 2.32. The molecule has 0 unspecified atom stereocenters. The van der Waals surface area contributed by atoms with E-state index in [4.69, 9.17) is 4.74 Å². The molecule has 0 saturated heterocycles. The van der Waals surface area contributed by atoms with E-state index in [0.717, 1.165) is 0 Å². The fraction of sp³-hybridized carbons (Fsp3) is 0.167. The number of halogens is 2. The van der Waals surface area contributed by atoms with E-state index in [1.807, 2.05) is 0 Å². The number of hydrogen-bond donors (Lipinski definition) is 1. The molecule has 100 valence electrons. The van der Waals surface area contributed by atoms with Crippen LogP contribution in [0.15, 0.2) is 35.4 Å². The van der Waals surface area contributed by atoms with Crippen LogP contribution in [0, 0.1) is 0 Å². The molecule has 1 aromatic carbocycles. The van der Waals surface area contributed by atoms with E-state index in [2.05, 4.69) is 14.7 Å². The molecule has 0 amide bonds. The number of aromatic amines is 1. The summed E-state index contributed by atoms with van der Waals surface area (Å²) in [6.07, 6.45) is 2.78. The quantitative estimate of drug-likeness (QED) is 0.921. The van der Waals surface area contributed by atoms with Crippen molar-refractivity contribution in [2.75, 3.05) is 7.11 Å². The second-order valence-corrected chi connectivity index (χ2v) is 3.51. The summed E-state index contributed by atoms with van der Waals surface area (Å²) in [6.45, 7) is -2.98. The topological polar surface area (TPSA) is 64.2 Å². The van der Waals surface area contributed by atoms with E-state index in [1.165, 1.54) is 37.7 Å². The Labute approximate surface area is 106 Å². The molecule has 0 aliphatic carbocycles. The zero-order valence-corrected chi connectivity index (χ0v) is 9.89. The normalized spacial score (nSPS) is 10.5. The van der Waals surface area contributed by atoms with Crippen molar-refractivity contribution in [3.8, 4) is 22.8 Å². The van der Waals surface area contributed by atoms with Crippen LogP contribution in [0.2, 0.25) is 0 Å². The lowest BCUT2D eigenvalue weighted by Gasteiger charge is -2.10. The van der Waals surface area contributed by atoms with Gasteiger partial charge in [-0.25, -0.2) is 4.98 Å². The van der Waals surface area contributed by atoms with Crippen molar-refractivity contribution in [2.45, 2.75) is 6.61 Å². The Hall–Kier alpha value is -2.44. The first kappa shape index (κ1) is 13.0. The zero-order chi connectivity index (χ0) is 13.8. The second kappa shape index (κ2) is 5.47. The minimum atomic E-state index is -2.98. The molecule has 1 N–H and O–H groups in total. The highest BCUT2D eigenvalue weighted by molar-refractivity contribution is 5.63. The number of nitrogens with one attached hydrogen (secondary N) is 1. The average Bonchev–Trinajstić information content (AvgIpc) is 2.38. The summed E-state index contributed by atoms with van der Waals surface area (Å²) in [5.41, 5.74) is 0.0539. The zero-order valence-electron chi connectivity index (χ0n) is 9.89. The van der Waals surface area contributed by atoms with Gasteiger partial charge in [-0.15, -0.1) is 0 Å². The van der Waals surface area contributed by atoms with Crippen molar-refractivity contribution in [1.82, 2.24) is 9.97 Å². The van der Waals surface area contributed by atoms with E-state index >= 15 is 0 Å². The van der Waals surface area contributed by atoms with Crippen molar-refractivity contribution in [1.29, 1.82) is 0 Å². The van der Waals surface area contributed by atoms with Crippen molar-refractivity contribution < 1.29 is 18.3 Å². The van der Waals surface area contributed by atoms with Gasteiger partial charge in [0.05, 0.1) is 7.11 Å². The maximum Gasteiger partial charge on any atom is 0.387 e. The number of nitrogens with zero attached hydrogens (tertiary/aromatic N) is 1. The van der Waals surface area contributed by atoms with E-state index in [1.54, 1.807) is 0 Å². The van der Waals surface area contributed by atoms with Gasteiger partial charge in [-0.2, -0.15) is 8.78 Å². The first-order valence-corrected chi connectivity index (χ1v) is 5.28. The summed E-state index contributed by atoms with van der Waals surface area (Å²) in [6, 6.07) is 4.25. The molecule has 2 aromatic rings. The summed E-state index contributed by atoms with van der Waals surface area (Å²) < 4.78 is 33.8. The summed E-state index contributed by atoms with van der Waals surface area (Å²) in [4.78, 5) is 17.9. The number of alkyl halides is 2. The predicted octanol–water partition coefficient (Wildman–Crippen LogP) is 2.05. The molecule has 1 heterocycles. The first-order valence-electron chi connectivity index (χ1n) is 5.28. The van der Waals surface area contributed by atoms with Crippen molar-refractivity contribution in [3.05, 3.63) is 40.9 Å². The number of rotatable bonds is 4. The van der Waals surface area contributed by atoms with Crippen molar-refractivity contribution in [3.63, 3.8) is 0 Å². The Morgan fingerprint density at radius 3 is 2.74 bits per heavy atom. The molecule has 0 spiro atoms. The van der Waals surface area contributed by atoms with E-state index in [0.29, 0.717) is 5.56 Å². The average molecular weight is 268 g/mol. The monoisotopic (exact) mass is 268 g/mol. The molecule has 0 aliphatic heterocycles. The Balaban J connectivity index is 2.49. The van der Waals surface area contributed by atoms with Gasteiger partial charge >= 0.3 is 6.61 Å². The van der Waals surface area contributed by atoms with Gasteiger partial charge in [0.2, 0.25) is 0 Å². The number of H-pyrrole nitrogens is 1. The van der Waals surface area contributed by atoms with E-state index < -0.39 is 12.2 Å². The highest BCUT2D eigenvalue weighted by atomic mass is 19.3. The van der Waals surface area contributed by atoms with E-state index in [9.17, 15) is 13.6 Å². The molecule has 2 rings (SSSR count). The van der Waals surface area contributed by atoms with Crippen LogP contribution in [0.3, 0.4) is 0 Å². The number of hydrogen-bond acceptors (Lipinski definition) is 4. The Morgan fingerprint density at radius 2 is 2.11 bits per heavy atom. The minimum Gasteiger partial charge on any atom is -0.493 e. The van der Waals surface area contributed by atoms with Crippen molar-refractivity contribution >= 4 is 0 Å². The van der Waals surface area contributed by atoms with Gasteiger partial charge in [-0.1, -0.05) is 0 Å². The lowest BCUT2D eigenvalue weighted by Crippen LogP contribution is -2.10. The van der Waals surface area contributed by atoms with Crippen molar-refractivity contribution in [2.24, 2.45) is 0 Å². The Kier molecular flexibility index (Phi) is 3.74. The molecule has 0 bridgehead atoms. The Morgan fingerprint density at radius 1 is 1.32 bits per heavy atom. The van der Waals surface area contributed by atoms with E-state index in [-0.39, 0.29) is 17.2 Å². The van der Waals surface area contributed by atoms with Crippen LogP contribution in [0.1, 0.15) is 0 Å². The standard InChI is InChI=1S/C12H10F2N2O3/c1-18-8-3-2-7(6-9(8)19-12(13)14)10-11(17)16-5-4-15-10/h2-6,12H,1H3,(H,16,17). The maximum absolute atomic E-state index is 12.3. The number of benzene rings is 1. The molecule has 19 heavy (non-hydrogen) atoms. The molecule has 0 saturated carbocycles. The van der Waals surface area contributed by atoms with Gasteiger partial charge in [-0.3, -0.25) is 4.79 Å². The predicted molar refractivity (Wildman–Crippen MR) is 63.5 cm³/mol. The van der Waals surface area contributed by atoms with Gasteiger partial charge in [0, 0.05) is 18.0 Å². The minimum absolute atomic E-state index is 0.115. The third-order valence-corrected chi connectivity index (χ3v) is 2.36. The lowest BCUT2D eigenvalue weighted by atomic mass is 10.1. The third-order valence-electron chi connectivity index (χ3n) is 2.36. The molecule has 0 fully saturated rings.